The lowest BCUT2D eigenvalue weighted by Gasteiger charge is -2.30. The van der Waals surface area contributed by atoms with Gasteiger partial charge < -0.3 is 4.90 Å². The van der Waals surface area contributed by atoms with E-state index >= 15 is 0 Å². The number of thioether (sulfide) groups is 1. The number of amides is 1. The third-order valence-electron chi connectivity index (χ3n) is 5.20. The fraction of sp³-hybridized carbons (Fsp3) is 0.400. The molecule has 0 N–H and O–H groups in total. The highest BCUT2D eigenvalue weighted by molar-refractivity contribution is 7.99. The number of carbonyl (C=O) groups excluding carboxylic acids is 1. The van der Waals surface area contributed by atoms with Crippen LogP contribution in [0.15, 0.2) is 59.8 Å². The fourth-order valence-corrected chi connectivity index (χ4v) is 4.62. The molecule has 0 aliphatic carbocycles. The normalized spacial score (nSPS) is 11.3. The predicted molar refractivity (Wildman–Crippen MR) is 128 cm³/mol. The molecule has 0 bridgehead atoms. The van der Waals surface area contributed by atoms with Crippen LogP contribution < -0.4 is 0 Å². The average molecular weight is 437 g/mol. The van der Waals surface area contributed by atoms with Crippen molar-refractivity contribution in [1.29, 1.82) is 0 Å². The topological polar surface area (TPSA) is 51.0 Å². The number of hydrogen-bond donors (Lipinski definition) is 0. The van der Waals surface area contributed by atoms with Crippen LogP contribution in [0.1, 0.15) is 44.6 Å². The summed E-state index contributed by atoms with van der Waals surface area (Å²) in [6.45, 7) is 10.3. The number of aromatic nitrogens is 3. The van der Waals surface area contributed by atoms with Gasteiger partial charge in [-0.1, -0.05) is 59.8 Å². The first-order valence-electron chi connectivity index (χ1n) is 10.9. The van der Waals surface area contributed by atoms with E-state index in [4.69, 9.17) is 0 Å². The molecule has 6 heteroatoms. The van der Waals surface area contributed by atoms with Crippen LogP contribution in [0, 0.1) is 6.92 Å². The summed E-state index contributed by atoms with van der Waals surface area (Å²) in [5.41, 5.74) is 3.50. The Kier molecular flexibility index (Phi) is 7.91. The lowest BCUT2D eigenvalue weighted by atomic mass is 10.1. The third-order valence-corrected chi connectivity index (χ3v) is 6.11. The molecule has 0 aliphatic rings. The summed E-state index contributed by atoms with van der Waals surface area (Å²) in [7, 11) is 0. The summed E-state index contributed by atoms with van der Waals surface area (Å²) < 4.78 is 2.09. The Morgan fingerprint density at radius 3 is 2.19 bits per heavy atom. The van der Waals surface area contributed by atoms with Gasteiger partial charge in [0, 0.05) is 24.2 Å². The second-order valence-corrected chi connectivity index (χ2v) is 9.28. The van der Waals surface area contributed by atoms with Crippen molar-refractivity contribution >= 4 is 17.7 Å². The molecule has 3 aromatic rings. The summed E-state index contributed by atoms with van der Waals surface area (Å²) in [6.07, 6.45) is 1.67. The van der Waals surface area contributed by atoms with Crippen LogP contribution in [0.3, 0.4) is 0 Å². The summed E-state index contributed by atoms with van der Waals surface area (Å²) >= 11 is 1.46. The molecule has 31 heavy (non-hydrogen) atoms. The maximum Gasteiger partial charge on any atom is 0.233 e. The van der Waals surface area contributed by atoms with E-state index in [1.807, 2.05) is 11.0 Å². The van der Waals surface area contributed by atoms with Gasteiger partial charge in [0.1, 0.15) is 5.82 Å². The van der Waals surface area contributed by atoms with E-state index in [1.165, 1.54) is 22.9 Å². The van der Waals surface area contributed by atoms with Crippen LogP contribution in [-0.2, 0) is 17.6 Å². The van der Waals surface area contributed by atoms with E-state index in [-0.39, 0.29) is 18.0 Å². The molecule has 2 aromatic carbocycles. The second kappa shape index (κ2) is 10.6. The minimum absolute atomic E-state index is 0.124. The minimum atomic E-state index is 0.124. The molecule has 0 spiro atoms. The van der Waals surface area contributed by atoms with Crippen molar-refractivity contribution in [3.05, 3.63) is 71.5 Å². The monoisotopic (exact) mass is 436 g/mol. The molecule has 0 atom stereocenters. The van der Waals surface area contributed by atoms with Crippen molar-refractivity contribution in [2.45, 2.75) is 64.7 Å². The lowest BCUT2D eigenvalue weighted by Crippen LogP contribution is -2.43. The van der Waals surface area contributed by atoms with Gasteiger partial charge in [-0.05, 0) is 58.7 Å². The van der Waals surface area contributed by atoms with Gasteiger partial charge in [-0.15, -0.1) is 10.2 Å². The Labute approximate surface area is 189 Å². The predicted octanol–water partition coefficient (Wildman–Crippen LogP) is 5.10. The number of benzene rings is 2. The first kappa shape index (κ1) is 23.1. The van der Waals surface area contributed by atoms with Crippen LogP contribution in [0.4, 0.5) is 0 Å². The molecule has 5 nitrogen and oxygen atoms in total. The van der Waals surface area contributed by atoms with Gasteiger partial charge in [0.25, 0.3) is 0 Å². The molecule has 3 rings (SSSR count). The van der Waals surface area contributed by atoms with Gasteiger partial charge in [-0.25, -0.2) is 0 Å². The van der Waals surface area contributed by atoms with E-state index in [9.17, 15) is 4.79 Å². The van der Waals surface area contributed by atoms with Crippen molar-refractivity contribution in [2.75, 3.05) is 5.75 Å². The molecule has 0 radical (unpaired) electrons. The Morgan fingerprint density at radius 1 is 0.935 bits per heavy atom. The average Bonchev–Trinajstić information content (AvgIpc) is 3.14. The highest BCUT2D eigenvalue weighted by Crippen LogP contribution is 2.24. The first-order chi connectivity index (χ1) is 14.9. The highest BCUT2D eigenvalue weighted by Gasteiger charge is 2.22. The van der Waals surface area contributed by atoms with Gasteiger partial charge in [0.15, 0.2) is 5.16 Å². The molecule has 1 aromatic heterocycles. The molecule has 164 valence electrons. The van der Waals surface area contributed by atoms with Gasteiger partial charge in [-0.2, -0.15) is 0 Å². The van der Waals surface area contributed by atoms with Crippen molar-refractivity contribution in [3.8, 4) is 5.69 Å². The van der Waals surface area contributed by atoms with Gasteiger partial charge in [0.05, 0.1) is 5.75 Å². The Bertz CT molecular complexity index is 973. The second-order valence-electron chi connectivity index (χ2n) is 8.33. The van der Waals surface area contributed by atoms with Gasteiger partial charge >= 0.3 is 0 Å². The van der Waals surface area contributed by atoms with E-state index in [2.05, 4.69) is 97.9 Å². The van der Waals surface area contributed by atoms with E-state index in [0.29, 0.717) is 5.75 Å². The molecule has 0 unspecified atom stereocenters. The van der Waals surface area contributed by atoms with Crippen LogP contribution in [0.25, 0.3) is 5.69 Å². The van der Waals surface area contributed by atoms with E-state index in [1.54, 1.807) is 0 Å². The van der Waals surface area contributed by atoms with Gasteiger partial charge in [-0.3, -0.25) is 9.36 Å². The van der Waals surface area contributed by atoms with Crippen molar-refractivity contribution in [1.82, 2.24) is 19.7 Å². The van der Waals surface area contributed by atoms with Crippen LogP contribution in [0.5, 0.6) is 0 Å². The SMILES string of the molecule is Cc1ccc(-n2c(CCc3ccccc3)nnc2SCC(=O)N(C(C)C)C(C)C)cc1. The maximum absolute atomic E-state index is 12.9. The first-order valence-corrected chi connectivity index (χ1v) is 11.8. The summed E-state index contributed by atoms with van der Waals surface area (Å²) in [4.78, 5) is 14.8. The molecular formula is C25H32N4OS. The van der Waals surface area contributed by atoms with Gasteiger partial charge in [0.2, 0.25) is 5.91 Å². The lowest BCUT2D eigenvalue weighted by molar-refractivity contribution is -0.131. The van der Waals surface area contributed by atoms with Crippen LogP contribution >= 0.6 is 11.8 Å². The zero-order chi connectivity index (χ0) is 22.4. The molecular weight excluding hydrogens is 404 g/mol. The number of rotatable bonds is 9. The highest BCUT2D eigenvalue weighted by atomic mass is 32.2. The molecule has 1 heterocycles. The standard InChI is InChI=1S/C25H32N4OS/c1-18(2)28(19(3)4)24(30)17-31-25-27-26-23(16-13-21-9-7-6-8-10-21)29(25)22-14-11-20(5)12-15-22/h6-12,14-15,18-19H,13,16-17H2,1-5H3. The van der Waals surface area contributed by atoms with E-state index in [0.717, 1.165) is 29.5 Å². The number of aryl methyl sites for hydroxylation is 3. The van der Waals surface area contributed by atoms with Crippen LogP contribution in [-0.4, -0.2) is 43.4 Å². The smallest absolute Gasteiger partial charge is 0.233 e. The molecule has 0 fully saturated rings. The zero-order valence-corrected chi connectivity index (χ0v) is 19.9. The quantitative estimate of drug-likeness (QED) is 0.438. The van der Waals surface area contributed by atoms with Crippen molar-refractivity contribution < 1.29 is 4.79 Å². The summed E-state index contributed by atoms with van der Waals surface area (Å²) in [6, 6.07) is 19.1. The molecule has 1 amide bonds. The maximum atomic E-state index is 12.9. The fourth-order valence-electron chi connectivity index (χ4n) is 3.78. The van der Waals surface area contributed by atoms with Crippen molar-refractivity contribution in [2.24, 2.45) is 0 Å². The zero-order valence-electron chi connectivity index (χ0n) is 19.1. The molecule has 0 aliphatic heterocycles. The summed E-state index contributed by atoms with van der Waals surface area (Å²) in [5.74, 6) is 1.38. The Balaban J connectivity index is 1.83. The largest absolute Gasteiger partial charge is 0.337 e. The van der Waals surface area contributed by atoms with Crippen LogP contribution in [0.2, 0.25) is 0 Å². The summed E-state index contributed by atoms with van der Waals surface area (Å²) in [5, 5.41) is 9.70. The Hall–Kier alpha value is -2.60. The van der Waals surface area contributed by atoms with E-state index < -0.39 is 0 Å². The number of hydrogen-bond acceptors (Lipinski definition) is 4. The number of carbonyl (C=O) groups is 1. The molecule has 0 saturated carbocycles. The minimum Gasteiger partial charge on any atom is -0.337 e. The Morgan fingerprint density at radius 2 is 1.58 bits per heavy atom. The number of nitrogens with zero attached hydrogens (tertiary/aromatic N) is 4. The third kappa shape index (κ3) is 5.97. The van der Waals surface area contributed by atoms with Crippen molar-refractivity contribution in [3.63, 3.8) is 0 Å². The molecule has 0 saturated heterocycles.